The molecule has 0 bridgehead atoms. The summed E-state index contributed by atoms with van der Waals surface area (Å²) in [6, 6.07) is 1.56. The zero-order chi connectivity index (χ0) is 29.8. The molecular formula is C30H38FN5O5. The molecular weight excluding hydrogens is 529 g/mol. The van der Waals surface area contributed by atoms with Gasteiger partial charge in [0.1, 0.15) is 17.9 Å². The highest BCUT2D eigenvalue weighted by Crippen LogP contribution is 2.57. The fraction of sp³-hybridized carbons (Fsp3) is 0.533. The summed E-state index contributed by atoms with van der Waals surface area (Å²) in [5.74, 6) is -2.40. The number of amides is 1. The Morgan fingerprint density at radius 1 is 1.37 bits per heavy atom. The first kappa shape index (κ1) is 28.8. The fourth-order valence-corrected chi connectivity index (χ4v) is 7.22. The molecule has 2 aliphatic heterocycles. The molecule has 0 radical (unpaired) electrons. The van der Waals surface area contributed by atoms with E-state index >= 15 is 4.39 Å². The first-order chi connectivity index (χ1) is 19.5. The summed E-state index contributed by atoms with van der Waals surface area (Å²) in [5.41, 5.74) is 13.8. The molecule has 220 valence electrons. The standard InChI is InChI=1S/C30H38FN5O5/c1-5-36(12-22(38)41-6-2)26-15(4)11-34-21-7-14(3)18(25(31)24(21)26)9-16-8-17-10-20(32)23(29(33)40)27-30(17,35-27)28(39)19(16)13-37/h7,13,15-17,26,34,39H,5-6,8-12,32H2,1-4H3,(H2,33,40)/t15?,16?,17-,26?,30+/m0/s1. The number of ether oxygens (including phenoxy) is 1. The van der Waals surface area contributed by atoms with Crippen molar-refractivity contribution in [1.29, 1.82) is 0 Å². The molecule has 1 spiro atoms. The Balaban J connectivity index is 1.51. The van der Waals surface area contributed by atoms with E-state index in [1.165, 1.54) is 0 Å². The van der Waals surface area contributed by atoms with Gasteiger partial charge in [-0.3, -0.25) is 24.3 Å². The molecule has 0 aromatic heterocycles. The largest absolute Gasteiger partial charge is 0.509 e. The average molecular weight is 568 g/mol. The third-order valence-electron chi connectivity index (χ3n) is 9.20. The van der Waals surface area contributed by atoms with E-state index in [2.05, 4.69) is 10.3 Å². The smallest absolute Gasteiger partial charge is 0.320 e. The van der Waals surface area contributed by atoms with Crippen LogP contribution in [0.25, 0.3) is 0 Å². The number of carbonyl (C=O) groups excluding carboxylic acids is 3. The molecule has 0 saturated heterocycles. The maximum absolute atomic E-state index is 16.7. The van der Waals surface area contributed by atoms with Gasteiger partial charge >= 0.3 is 5.97 Å². The summed E-state index contributed by atoms with van der Waals surface area (Å²) in [7, 11) is 0. The molecule has 4 aliphatic rings. The van der Waals surface area contributed by atoms with Gasteiger partial charge in [-0.1, -0.05) is 13.8 Å². The average Bonchev–Trinajstić information content (AvgIpc) is 3.66. The molecule has 1 aromatic rings. The molecule has 6 N–H and O–H groups in total. The van der Waals surface area contributed by atoms with Gasteiger partial charge in [0, 0.05) is 41.0 Å². The van der Waals surface area contributed by atoms with Crippen molar-refractivity contribution in [3.63, 3.8) is 0 Å². The van der Waals surface area contributed by atoms with E-state index in [0.717, 1.165) is 5.56 Å². The summed E-state index contributed by atoms with van der Waals surface area (Å²) in [4.78, 5) is 43.1. The van der Waals surface area contributed by atoms with Crippen LogP contribution in [0, 0.1) is 30.5 Å². The lowest BCUT2D eigenvalue weighted by atomic mass is 9.64. The topological polar surface area (TPSA) is 160 Å². The number of aryl methyl sites for hydroxylation is 1. The number of aldehydes is 1. The SMILES string of the molecule is CCOC(=O)CN(CC)C1c2c(cc(C)c(CC3C[C@H]4CC(N)=C(C(N)=O)C5=N[C@@]54C(O)=C3C=O)c2F)NCC1C. The first-order valence-corrected chi connectivity index (χ1v) is 14.2. The molecule has 1 aromatic carbocycles. The number of fused-ring (bicyclic) bond motifs is 1. The van der Waals surface area contributed by atoms with Crippen LogP contribution in [-0.2, 0) is 25.5 Å². The molecule has 2 heterocycles. The van der Waals surface area contributed by atoms with Crippen molar-refractivity contribution < 1.29 is 28.6 Å². The predicted octanol–water partition coefficient (Wildman–Crippen LogP) is 2.61. The van der Waals surface area contributed by atoms with Crippen molar-refractivity contribution in [2.75, 3.05) is 31.6 Å². The number of esters is 1. The van der Waals surface area contributed by atoms with Crippen LogP contribution in [0.5, 0.6) is 0 Å². The highest BCUT2D eigenvalue weighted by molar-refractivity contribution is 6.33. The van der Waals surface area contributed by atoms with Crippen LogP contribution in [0.3, 0.4) is 0 Å². The Bertz CT molecular complexity index is 1420. The van der Waals surface area contributed by atoms with Crippen LogP contribution >= 0.6 is 0 Å². The maximum Gasteiger partial charge on any atom is 0.320 e. The Kier molecular flexibility index (Phi) is 7.44. The number of hydrogen-bond acceptors (Lipinski definition) is 9. The first-order valence-electron chi connectivity index (χ1n) is 14.2. The van der Waals surface area contributed by atoms with Crippen LogP contribution in [0.1, 0.15) is 56.3 Å². The predicted molar refractivity (Wildman–Crippen MR) is 152 cm³/mol. The number of nitrogens with two attached hydrogens (primary N) is 2. The van der Waals surface area contributed by atoms with Crippen molar-refractivity contribution >= 4 is 29.6 Å². The molecule has 0 saturated carbocycles. The third-order valence-corrected chi connectivity index (χ3v) is 9.20. The van der Waals surface area contributed by atoms with Gasteiger partial charge in [0.15, 0.2) is 5.54 Å². The summed E-state index contributed by atoms with van der Waals surface area (Å²) >= 11 is 0. The number of nitrogens with zero attached hydrogens (tertiary/aromatic N) is 2. The van der Waals surface area contributed by atoms with E-state index < -0.39 is 17.4 Å². The minimum absolute atomic E-state index is 0.00726. The number of halogens is 1. The molecule has 0 fully saturated rings. The van der Waals surface area contributed by atoms with Gasteiger partial charge in [-0.05, 0) is 68.7 Å². The van der Waals surface area contributed by atoms with Gasteiger partial charge in [0.05, 0.1) is 24.4 Å². The van der Waals surface area contributed by atoms with Crippen molar-refractivity contribution in [3.05, 3.63) is 51.2 Å². The van der Waals surface area contributed by atoms with E-state index in [1.54, 1.807) is 6.92 Å². The molecule has 2 aliphatic carbocycles. The number of likely N-dealkylation sites (N-methyl/N-ethyl adjacent to an activating group) is 1. The number of hydrogen-bond donors (Lipinski definition) is 4. The van der Waals surface area contributed by atoms with Crippen molar-refractivity contribution in [2.45, 2.75) is 58.5 Å². The number of aliphatic hydroxyl groups excluding tert-OH is 1. The van der Waals surface area contributed by atoms with Gasteiger partial charge in [0.2, 0.25) is 0 Å². The fourth-order valence-electron chi connectivity index (χ4n) is 7.22. The van der Waals surface area contributed by atoms with Gasteiger partial charge in [-0.25, -0.2) is 4.39 Å². The normalized spacial score (nSPS) is 28.3. The molecule has 5 atom stereocenters. The molecule has 5 rings (SSSR count). The Morgan fingerprint density at radius 3 is 2.73 bits per heavy atom. The number of anilines is 1. The van der Waals surface area contributed by atoms with E-state index in [-0.39, 0.29) is 72.6 Å². The summed E-state index contributed by atoms with van der Waals surface area (Å²) in [5, 5.41) is 14.6. The van der Waals surface area contributed by atoms with Gasteiger partial charge in [-0.2, -0.15) is 0 Å². The van der Waals surface area contributed by atoms with E-state index in [9.17, 15) is 19.5 Å². The molecule has 1 amide bonds. The second kappa shape index (κ2) is 10.6. The minimum atomic E-state index is -1.15. The second-order valence-corrected chi connectivity index (χ2v) is 11.6. The van der Waals surface area contributed by atoms with E-state index in [4.69, 9.17) is 16.2 Å². The lowest BCUT2D eigenvalue weighted by molar-refractivity contribution is -0.145. The number of benzene rings is 1. The summed E-state index contributed by atoms with van der Waals surface area (Å²) in [6.45, 7) is 9.01. The van der Waals surface area contributed by atoms with Crippen LogP contribution in [0.2, 0.25) is 0 Å². The molecule has 3 unspecified atom stereocenters. The number of aliphatic hydroxyl groups is 1. The van der Waals surface area contributed by atoms with Crippen molar-refractivity contribution in [3.8, 4) is 0 Å². The molecule has 41 heavy (non-hydrogen) atoms. The molecule has 10 nitrogen and oxygen atoms in total. The molecule has 11 heteroatoms. The number of nitrogens with one attached hydrogen (secondary N) is 1. The van der Waals surface area contributed by atoms with Crippen molar-refractivity contribution in [1.82, 2.24) is 4.90 Å². The summed E-state index contributed by atoms with van der Waals surface area (Å²) < 4.78 is 21.9. The Hall–Kier alpha value is -3.73. The second-order valence-electron chi connectivity index (χ2n) is 11.6. The van der Waals surface area contributed by atoms with Crippen LogP contribution in [-0.4, -0.2) is 65.7 Å². The lowest BCUT2D eigenvalue weighted by Gasteiger charge is -2.41. The van der Waals surface area contributed by atoms with E-state index in [0.29, 0.717) is 54.0 Å². The Labute approximate surface area is 238 Å². The van der Waals surface area contributed by atoms with Crippen LogP contribution < -0.4 is 16.8 Å². The van der Waals surface area contributed by atoms with Crippen molar-refractivity contribution in [2.24, 2.45) is 34.2 Å². The number of carbonyl (C=O) groups is 3. The Morgan fingerprint density at radius 2 is 2.10 bits per heavy atom. The van der Waals surface area contributed by atoms with E-state index in [1.807, 2.05) is 31.7 Å². The highest BCUT2D eigenvalue weighted by atomic mass is 19.1. The maximum atomic E-state index is 16.7. The van der Waals surface area contributed by atoms with Gasteiger partial charge in [-0.15, -0.1) is 0 Å². The zero-order valence-electron chi connectivity index (χ0n) is 23.9. The zero-order valence-corrected chi connectivity index (χ0v) is 23.9. The summed E-state index contributed by atoms with van der Waals surface area (Å²) in [6.07, 6.45) is 1.50. The third kappa shape index (κ3) is 4.50. The highest BCUT2D eigenvalue weighted by Gasteiger charge is 2.64. The number of aliphatic imine (C=N–C) groups is 1. The number of rotatable bonds is 9. The number of primary amides is 1. The van der Waals surface area contributed by atoms with Crippen LogP contribution in [0.15, 0.2) is 33.7 Å². The monoisotopic (exact) mass is 567 g/mol. The van der Waals surface area contributed by atoms with Crippen LogP contribution in [0.4, 0.5) is 10.1 Å². The van der Waals surface area contributed by atoms with Gasteiger partial charge < -0.3 is 26.6 Å². The number of allylic oxidation sites excluding steroid dienone is 2. The minimum Gasteiger partial charge on any atom is -0.509 e. The quantitative estimate of drug-likeness (QED) is 0.262. The lowest BCUT2D eigenvalue weighted by Crippen LogP contribution is -2.46. The van der Waals surface area contributed by atoms with Gasteiger partial charge in [0.25, 0.3) is 5.91 Å².